The van der Waals surface area contributed by atoms with E-state index in [1.165, 1.54) is 0 Å². The quantitative estimate of drug-likeness (QED) is 0.716. The zero-order chi connectivity index (χ0) is 11.8. The van der Waals surface area contributed by atoms with Crippen molar-refractivity contribution < 1.29 is 4.42 Å². The van der Waals surface area contributed by atoms with Crippen molar-refractivity contribution in [1.82, 2.24) is 9.97 Å². The number of thiazole rings is 1. The molecular weight excluding hydrogens is 252 g/mol. The lowest BCUT2D eigenvalue weighted by Gasteiger charge is -1.94. The minimum atomic E-state index is 0.668. The van der Waals surface area contributed by atoms with Crippen LogP contribution in [0.1, 0.15) is 11.6 Å². The van der Waals surface area contributed by atoms with Gasteiger partial charge in [-0.15, -0.1) is 11.3 Å². The van der Waals surface area contributed by atoms with Crippen molar-refractivity contribution in [3.05, 3.63) is 35.2 Å². The maximum absolute atomic E-state index is 5.44. The smallest absolute Gasteiger partial charge is 0.192 e. The number of benzene rings is 1. The minimum absolute atomic E-state index is 0.668. The predicted molar refractivity (Wildman–Crippen MR) is 72.5 cm³/mol. The van der Waals surface area contributed by atoms with Gasteiger partial charge in [0.25, 0.3) is 0 Å². The third-order valence-corrected chi connectivity index (χ3v) is 3.72. The summed E-state index contributed by atoms with van der Waals surface area (Å²) in [5.74, 6) is 1.36. The molecule has 0 atom stereocenters. The number of aryl methyl sites for hydroxylation is 1. The van der Waals surface area contributed by atoms with Crippen molar-refractivity contribution >= 4 is 35.1 Å². The second-order valence-corrected chi connectivity index (χ2v) is 4.89. The van der Waals surface area contributed by atoms with Crippen LogP contribution in [-0.2, 0) is 5.75 Å². The molecule has 3 rings (SSSR count). The molecule has 0 unspecified atom stereocenters. The molecule has 0 aliphatic heterocycles. The standard InChI is InChI=1S/C12H10N2OS2/c1-7-13-10-4-8(2-3-11(10)15-7)12-14-9(5-16)6-17-12/h2-4,6,16H,5H2,1H3. The largest absolute Gasteiger partial charge is 0.441 e. The Kier molecular flexibility index (Phi) is 2.64. The van der Waals surface area contributed by atoms with Gasteiger partial charge in [0.1, 0.15) is 10.5 Å². The van der Waals surface area contributed by atoms with E-state index in [0.717, 1.165) is 27.4 Å². The summed E-state index contributed by atoms with van der Waals surface area (Å²) in [6.07, 6.45) is 0. The summed E-state index contributed by atoms with van der Waals surface area (Å²) >= 11 is 5.84. The van der Waals surface area contributed by atoms with Crippen LogP contribution in [0.2, 0.25) is 0 Å². The first-order valence-electron chi connectivity index (χ1n) is 5.19. The highest BCUT2D eigenvalue weighted by molar-refractivity contribution is 7.79. The highest BCUT2D eigenvalue weighted by Crippen LogP contribution is 2.27. The van der Waals surface area contributed by atoms with Gasteiger partial charge >= 0.3 is 0 Å². The average molecular weight is 262 g/mol. The van der Waals surface area contributed by atoms with Gasteiger partial charge in [0.2, 0.25) is 0 Å². The van der Waals surface area contributed by atoms with E-state index < -0.39 is 0 Å². The highest BCUT2D eigenvalue weighted by Gasteiger charge is 2.07. The van der Waals surface area contributed by atoms with Crippen molar-refractivity contribution in [3.8, 4) is 10.6 Å². The number of hydrogen-bond donors (Lipinski definition) is 1. The summed E-state index contributed by atoms with van der Waals surface area (Å²) in [6, 6.07) is 5.95. The lowest BCUT2D eigenvalue weighted by molar-refractivity contribution is 0.561. The normalized spacial score (nSPS) is 11.2. The molecule has 0 saturated heterocycles. The van der Waals surface area contributed by atoms with Gasteiger partial charge in [-0.2, -0.15) is 12.6 Å². The second-order valence-electron chi connectivity index (χ2n) is 3.72. The van der Waals surface area contributed by atoms with Gasteiger partial charge < -0.3 is 4.42 Å². The molecular formula is C12H10N2OS2. The van der Waals surface area contributed by atoms with E-state index in [0.29, 0.717) is 11.6 Å². The molecule has 86 valence electrons. The van der Waals surface area contributed by atoms with Crippen LogP contribution in [0.15, 0.2) is 28.0 Å². The first kappa shape index (κ1) is 10.8. The van der Waals surface area contributed by atoms with Crippen LogP contribution in [0.25, 0.3) is 21.7 Å². The molecule has 0 radical (unpaired) electrons. The first-order valence-corrected chi connectivity index (χ1v) is 6.70. The molecule has 1 aromatic carbocycles. The number of fused-ring (bicyclic) bond motifs is 1. The van der Waals surface area contributed by atoms with Crippen LogP contribution in [0.4, 0.5) is 0 Å². The second kappa shape index (κ2) is 4.16. The first-order chi connectivity index (χ1) is 8.26. The Morgan fingerprint density at radius 3 is 3.00 bits per heavy atom. The molecule has 0 fully saturated rings. The van der Waals surface area contributed by atoms with Gasteiger partial charge in [0, 0.05) is 23.6 Å². The van der Waals surface area contributed by atoms with E-state index in [-0.39, 0.29) is 0 Å². The molecule has 0 spiro atoms. The van der Waals surface area contributed by atoms with Crippen LogP contribution in [-0.4, -0.2) is 9.97 Å². The predicted octanol–water partition coefficient (Wildman–Crippen LogP) is 3.69. The molecule has 3 nitrogen and oxygen atoms in total. The molecule has 3 aromatic rings. The Balaban J connectivity index is 2.10. The molecule has 2 aromatic heterocycles. The van der Waals surface area contributed by atoms with E-state index >= 15 is 0 Å². The van der Waals surface area contributed by atoms with Crippen molar-refractivity contribution in [3.63, 3.8) is 0 Å². The third kappa shape index (κ3) is 1.96. The van der Waals surface area contributed by atoms with Gasteiger partial charge in [-0.25, -0.2) is 9.97 Å². The maximum Gasteiger partial charge on any atom is 0.192 e. The lowest BCUT2D eigenvalue weighted by Crippen LogP contribution is -1.79. The Morgan fingerprint density at radius 1 is 1.35 bits per heavy atom. The van der Waals surface area contributed by atoms with Crippen LogP contribution in [0, 0.1) is 6.92 Å². The lowest BCUT2D eigenvalue weighted by atomic mass is 10.2. The third-order valence-electron chi connectivity index (χ3n) is 2.46. The molecule has 17 heavy (non-hydrogen) atoms. The minimum Gasteiger partial charge on any atom is -0.441 e. The number of thiol groups is 1. The van der Waals surface area contributed by atoms with Crippen molar-refractivity contribution in [1.29, 1.82) is 0 Å². The number of aromatic nitrogens is 2. The molecule has 0 bridgehead atoms. The Hall–Kier alpha value is -1.33. The molecule has 0 N–H and O–H groups in total. The van der Waals surface area contributed by atoms with Gasteiger partial charge in [-0.3, -0.25) is 0 Å². The van der Waals surface area contributed by atoms with Gasteiger partial charge in [-0.1, -0.05) is 0 Å². The highest BCUT2D eigenvalue weighted by atomic mass is 32.1. The van der Waals surface area contributed by atoms with Gasteiger partial charge in [0.05, 0.1) is 5.69 Å². The molecule has 5 heteroatoms. The van der Waals surface area contributed by atoms with Gasteiger partial charge in [-0.05, 0) is 18.2 Å². The fraction of sp³-hybridized carbons (Fsp3) is 0.167. The topological polar surface area (TPSA) is 38.9 Å². The summed E-state index contributed by atoms with van der Waals surface area (Å²) in [4.78, 5) is 8.82. The summed E-state index contributed by atoms with van der Waals surface area (Å²) in [7, 11) is 0. The van der Waals surface area contributed by atoms with E-state index in [1.54, 1.807) is 11.3 Å². The fourth-order valence-electron chi connectivity index (χ4n) is 1.69. The zero-order valence-electron chi connectivity index (χ0n) is 9.17. The Morgan fingerprint density at radius 2 is 2.24 bits per heavy atom. The number of nitrogens with zero attached hydrogens (tertiary/aromatic N) is 2. The maximum atomic E-state index is 5.44. The number of oxazole rings is 1. The zero-order valence-corrected chi connectivity index (χ0v) is 10.9. The average Bonchev–Trinajstić information content (AvgIpc) is 2.92. The Labute approximate surface area is 108 Å². The summed E-state index contributed by atoms with van der Waals surface area (Å²) < 4.78 is 5.44. The van der Waals surface area contributed by atoms with E-state index in [1.807, 2.05) is 30.5 Å². The SMILES string of the molecule is Cc1nc2cc(-c3nc(CS)cs3)ccc2o1. The van der Waals surface area contributed by atoms with Crippen LogP contribution < -0.4 is 0 Å². The van der Waals surface area contributed by atoms with Crippen molar-refractivity contribution in [2.24, 2.45) is 0 Å². The molecule has 0 aliphatic carbocycles. The molecule has 2 heterocycles. The summed E-state index contributed by atoms with van der Waals surface area (Å²) in [6.45, 7) is 1.85. The molecule has 0 saturated carbocycles. The summed E-state index contributed by atoms with van der Waals surface area (Å²) in [5.41, 5.74) is 3.77. The van der Waals surface area contributed by atoms with Crippen LogP contribution >= 0.6 is 24.0 Å². The van der Waals surface area contributed by atoms with Crippen molar-refractivity contribution in [2.45, 2.75) is 12.7 Å². The molecule has 0 amide bonds. The van der Waals surface area contributed by atoms with E-state index in [9.17, 15) is 0 Å². The fourth-order valence-corrected chi connectivity index (χ4v) is 2.79. The van der Waals surface area contributed by atoms with E-state index in [2.05, 4.69) is 22.6 Å². The van der Waals surface area contributed by atoms with Crippen LogP contribution in [0.5, 0.6) is 0 Å². The molecule has 0 aliphatic rings. The number of hydrogen-bond acceptors (Lipinski definition) is 5. The van der Waals surface area contributed by atoms with Crippen molar-refractivity contribution in [2.75, 3.05) is 0 Å². The number of rotatable bonds is 2. The summed E-state index contributed by atoms with van der Waals surface area (Å²) in [5, 5.41) is 3.03. The monoisotopic (exact) mass is 262 g/mol. The van der Waals surface area contributed by atoms with Crippen LogP contribution in [0.3, 0.4) is 0 Å². The Bertz CT molecular complexity index is 672. The van der Waals surface area contributed by atoms with Gasteiger partial charge in [0.15, 0.2) is 11.5 Å². The van der Waals surface area contributed by atoms with E-state index in [4.69, 9.17) is 4.42 Å².